The highest BCUT2D eigenvalue weighted by molar-refractivity contribution is 7.98. The Morgan fingerprint density at radius 2 is 1.65 bits per heavy atom. The standard InChI is InChI=1S/C11H13F3S.ClH.H3N/c12-11(13,14)7-4-8-15-9-10-5-2-1-3-6-10;;/h1-3,5-6H,4,7-9H2;1H;1H3. The largest absolute Gasteiger partial charge is 0.389 e. The van der Waals surface area contributed by atoms with Crippen LogP contribution in [0.15, 0.2) is 30.3 Å². The molecule has 100 valence electrons. The molecule has 1 aromatic rings. The summed E-state index contributed by atoms with van der Waals surface area (Å²) in [7, 11) is 0. The van der Waals surface area contributed by atoms with Gasteiger partial charge in [0.25, 0.3) is 0 Å². The van der Waals surface area contributed by atoms with Crippen molar-refractivity contribution >= 4 is 24.2 Å². The van der Waals surface area contributed by atoms with Crippen molar-refractivity contribution in [1.82, 2.24) is 6.15 Å². The van der Waals surface area contributed by atoms with Gasteiger partial charge < -0.3 is 6.15 Å². The molecular formula is C11H17ClF3NS. The molecule has 0 bridgehead atoms. The van der Waals surface area contributed by atoms with E-state index < -0.39 is 12.6 Å². The Kier molecular flexibility index (Phi) is 10.7. The van der Waals surface area contributed by atoms with Gasteiger partial charge in [0.2, 0.25) is 0 Å². The lowest BCUT2D eigenvalue weighted by Crippen LogP contribution is -2.06. The van der Waals surface area contributed by atoms with Crippen LogP contribution in [0.5, 0.6) is 0 Å². The molecule has 0 unspecified atom stereocenters. The second-order valence-corrected chi connectivity index (χ2v) is 4.36. The molecule has 0 aromatic heterocycles. The van der Waals surface area contributed by atoms with Crippen molar-refractivity contribution in [3.63, 3.8) is 0 Å². The smallest absolute Gasteiger partial charge is 0.344 e. The summed E-state index contributed by atoms with van der Waals surface area (Å²) in [6.07, 6.45) is -4.47. The molecule has 0 aliphatic heterocycles. The van der Waals surface area contributed by atoms with Crippen molar-refractivity contribution in [3.8, 4) is 0 Å². The van der Waals surface area contributed by atoms with Crippen molar-refractivity contribution in [2.24, 2.45) is 0 Å². The van der Waals surface area contributed by atoms with Gasteiger partial charge in [0, 0.05) is 12.2 Å². The summed E-state index contributed by atoms with van der Waals surface area (Å²) in [5, 5.41) is 0. The SMILES string of the molecule is Cl.FC(F)(F)CCCSCc1ccccc1.N. The Morgan fingerprint density at radius 1 is 1.06 bits per heavy atom. The number of hydrogen-bond acceptors (Lipinski definition) is 2. The van der Waals surface area contributed by atoms with Crippen molar-refractivity contribution in [2.75, 3.05) is 5.75 Å². The van der Waals surface area contributed by atoms with Crippen LogP contribution >= 0.6 is 24.2 Å². The molecule has 1 nitrogen and oxygen atoms in total. The molecule has 17 heavy (non-hydrogen) atoms. The first kappa shape index (κ1) is 19.0. The third-order valence-electron chi connectivity index (χ3n) is 1.86. The monoisotopic (exact) mass is 287 g/mol. The van der Waals surface area contributed by atoms with Crippen molar-refractivity contribution in [2.45, 2.75) is 24.8 Å². The van der Waals surface area contributed by atoms with Gasteiger partial charge in [-0.2, -0.15) is 24.9 Å². The molecular weight excluding hydrogens is 271 g/mol. The zero-order chi connectivity index (χ0) is 11.1. The van der Waals surface area contributed by atoms with Crippen LogP contribution in [0.2, 0.25) is 0 Å². The average molecular weight is 288 g/mol. The number of alkyl halides is 3. The first-order chi connectivity index (χ1) is 7.08. The van der Waals surface area contributed by atoms with E-state index in [1.54, 1.807) is 11.8 Å². The summed E-state index contributed by atoms with van der Waals surface area (Å²) >= 11 is 1.55. The highest BCUT2D eigenvalue weighted by atomic mass is 35.5. The van der Waals surface area contributed by atoms with Gasteiger partial charge in [-0.05, 0) is 17.7 Å². The number of benzene rings is 1. The van der Waals surface area contributed by atoms with Crippen LogP contribution in [0.3, 0.4) is 0 Å². The molecule has 0 spiro atoms. The summed E-state index contributed by atoms with van der Waals surface area (Å²) in [4.78, 5) is 0. The van der Waals surface area contributed by atoms with Gasteiger partial charge in [-0.15, -0.1) is 12.4 Å². The zero-order valence-electron chi connectivity index (χ0n) is 9.37. The van der Waals surface area contributed by atoms with E-state index in [0.29, 0.717) is 5.75 Å². The summed E-state index contributed by atoms with van der Waals surface area (Å²) in [5.74, 6) is 1.35. The lowest BCUT2D eigenvalue weighted by atomic mass is 10.2. The molecule has 1 aromatic carbocycles. The van der Waals surface area contributed by atoms with Crippen molar-refractivity contribution in [1.29, 1.82) is 0 Å². The fraction of sp³-hybridized carbons (Fsp3) is 0.455. The number of hydrogen-bond donors (Lipinski definition) is 1. The fourth-order valence-corrected chi connectivity index (χ4v) is 2.06. The predicted molar refractivity (Wildman–Crippen MR) is 70.2 cm³/mol. The zero-order valence-corrected chi connectivity index (χ0v) is 11.0. The van der Waals surface area contributed by atoms with E-state index in [9.17, 15) is 13.2 Å². The van der Waals surface area contributed by atoms with Crippen LogP contribution in [0.1, 0.15) is 18.4 Å². The molecule has 0 aliphatic rings. The van der Waals surface area contributed by atoms with Crippen LogP contribution in [0.4, 0.5) is 13.2 Å². The fourth-order valence-electron chi connectivity index (χ4n) is 1.14. The summed E-state index contributed by atoms with van der Waals surface area (Å²) in [6.45, 7) is 0. The van der Waals surface area contributed by atoms with Crippen molar-refractivity contribution in [3.05, 3.63) is 35.9 Å². The second-order valence-electron chi connectivity index (χ2n) is 3.26. The molecule has 0 atom stereocenters. The Morgan fingerprint density at radius 3 is 2.18 bits per heavy atom. The van der Waals surface area contributed by atoms with E-state index in [1.807, 2.05) is 30.3 Å². The van der Waals surface area contributed by atoms with Gasteiger partial charge in [-0.1, -0.05) is 30.3 Å². The van der Waals surface area contributed by atoms with Gasteiger partial charge in [0.1, 0.15) is 0 Å². The molecule has 3 N–H and O–H groups in total. The molecule has 6 heteroatoms. The third kappa shape index (κ3) is 10.5. The highest BCUT2D eigenvalue weighted by Gasteiger charge is 2.25. The Labute approximate surface area is 110 Å². The summed E-state index contributed by atoms with van der Waals surface area (Å²) < 4.78 is 35.4. The molecule has 0 aliphatic carbocycles. The number of halogens is 4. The van der Waals surface area contributed by atoms with E-state index in [0.717, 1.165) is 11.3 Å². The minimum absolute atomic E-state index is 0. The van der Waals surface area contributed by atoms with E-state index in [-0.39, 0.29) is 25.0 Å². The van der Waals surface area contributed by atoms with Gasteiger partial charge in [0.05, 0.1) is 0 Å². The van der Waals surface area contributed by atoms with E-state index >= 15 is 0 Å². The molecule has 0 heterocycles. The maximum absolute atomic E-state index is 11.8. The molecule has 1 rings (SSSR count). The van der Waals surface area contributed by atoms with Gasteiger partial charge in [0.15, 0.2) is 0 Å². The normalized spacial score (nSPS) is 10.3. The Bertz CT molecular complexity index is 280. The van der Waals surface area contributed by atoms with Crippen LogP contribution < -0.4 is 6.15 Å². The van der Waals surface area contributed by atoms with E-state index in [4.69, 9.17) is 0 Å². The molecule has 0 saturated carbocycles. The first-order valence-corrected chi connectivity index (χ1v) is 5.92. The molecule has 0 radical (unpaired) electrons. The van der Waals surface area contributed by atoms with Crippen LogP contribution in [-0.4, -0.2) is 11.9 Å². The summed E-state index contributed by atoms with van der Waals surface area (Å²) in [6, 6.07) is 9.77. The van der Waals surface area contributed by atoms with Crippen LogP contribution in [0.25, 0.3) is 0 Å². The van der Waals surface area contributed by atoms with Gasteiger partial charge in [-0.3, -0.25) is 0 Å². The maximum atomic E-state index is 11.8. The average Bonchev–Trinajstić information content (AvgIpc) is 2.17. The third-order valence-corrected chi connectivity index (χ3v) is 2.98. The van der Waals surface area contributed by atoms with Gasteiger partial charge in [-0.25, -0.2) is 0 Å². The predicted octanol–water partition coefficient (Wildman–Crippen LogP) is 4.85. The Balaban J connectivity index is 0. The number of rotatable bonds is 5. The van der Waals surface area contributed by atoms with E-state index in [2.05, 4.69) is 0 Å². The van der Waals surface area contributed by atoms with E-state index in [1.165, 1.54) is 0 Å². The topological polar surface area (TPSA) is 35.0 Å². The van der Waals surface area contributed by atoms with Gasteiger partial charge >= 0.3 is 6.18 Å². The summed E-state index contributed by atoms with van der Waals surface area (Å²) in [5.41, 5.74) is 1.16. The quantitative estimate of drug-likeness (QED) is 0.786. The Hall–Kier alpha value is -0.390. The maximum Gasteiger partial charge on any atom is 0.389 e. The number of thioether (sulfide) groups is 1. The molecule has 0 saturated heterocycles. The van der Waals surface area contributed by atoms with Crippen LogP contribution in [0, 0.1) is 0 Å². The lowest BCUT2D eigenvalue weighted by molar-refractivity contribution is -0.134. The highest BCUT2D eigenvalue weighted by Crippen LogP contribution is 2.23. The van der Waals surface area contributed by atoms with Crippen LogP contribution in [-0.2, 0) is 5.75 Å². The molecule has 0 fully saturated rings. The minimum Gasteiger partial charge on any atom is -0.344 e. The lowest BCUT2D eigenvalue weighted by Gasteiger charge is -2.05. The van der Waals surface area contributed by atoms with Crippen molar-refractivity contribution < 1.29 is 13.2 Å². The first-order valence-electron chi connectivity index (χ1n) is 4.76. The second kappa shape index (κ2) is 9.62. The molecule has 0 amide bonds. The minimum atomic E-state index is -4.01.